The van der Waals surface area contributed by atoms with Crippen LogP contribution in [0.5, 0.6) is 0 Å². The molecule has 1 unspecified atom stereocenters. The van der Waals surface area contributed by atoms with Crippen molar-refractivity contribution in [1.82, 2.24) is 20.4 Å². The Morgan fingerprint density at radius 3 is 2.89 bits per heavy atom. The number of aryl methyl sites for hydroxylation is 2. The smallest absolute Gasteiger partial charge is 0.263 e. The maximum atomic E-state index is 12.8. The van der Waals surface area contributed by atoms with Gasteiger partial charge in [0.25, 0.3) is 11.8 Å². The molecule has 2 amide bonds. The van der Waals surface area contributed by atoms with Crippen LogP contribution in [0.4, 0.5) is 5.69 Å². The van der Waals surface area contributed by atoms with Crippen LogP contribution < -0.4 is 11.1 Å². The first-order valence-electron chi connectivity index (χ1n) is 8.61. The lowest BCUT2D eigenvalue weighted by Gasteiger charge is -2.16. The van der Waals surface area contributed by atoms with Crippen LogP contribution in [0.15, 0.2) is 17.5 Å². The van der Waals surface area contributed by atoms with E-state index in [2.05, 4.69) is 15.5 Å². The summed E-state index contributed by atoms with van der Waals surface area (Å²) in [6, 6.07) is 3.60. The number of carbonyl (C=O) groups excluding carboxylic acids is 2. The number of likely N-dealkylation sites (tertiary alicyclic amines) is 1. The van der Waals surface area contributed by atoms with Gasteiger partial charge in [-0.05, 0) is 37.3 Å². The highest BCUT2D eigenvalue weighted by Crippen LogP contribution is 2.35. The molecule has 1 aliphatic rings. The van der Waals surface area contributed by atoms with Gasteiger partial charge < -0.3 is 16.0 Å². The molecule has 0 saturated carbocycles. The monoisotopic (exact) mass is 401 g/mol. The summed E-state index contributed by atoms with van der Waals surface area (Å²) in [5.41, 5.74) is 8.44. The van der Waals surface area contributed by atoms with Crippen LogP contribution >= 0.6 is 22.7 Å². The number of carbonyl (C=O) groups is 2. The second kappa shape index (κ2) is 6.90. The zero-order valence-electron chi connectivity index (χ0n) is 15.0. The predicted octanol–water partition coefficient (Wildman–Crippen LogP) is 2.60. The predicted molar refractivity (Wildman–Crippen MR) is 107 cm³/mol. The molecule has 0 aliphatic carbocycles. The Bertz CT molecular complexity index is 1030. The van der Waals surface area contributed by atoms with Crippen molar-refractivity contribution in [2.45, 2.75) is 26.3 Å². The molecule has 3 aromatic heterocycles. The van der Waals surface area contributed by atoms with Crippen LogP contribution in [0.3, 0.4) is 0 Å². The van der Waals surface area contributed by atoms with Crippen molar-refractivity contribution in [2.75, 3.05) is 18.8 Å². The number of hydrogen-bond donors (Lipinski definition) is 2. The van der Waals surface area contributed by atoms with Crippen molar-refractivity contribution in [3.8, 4) is 0 Å². The van der Waals surface area contributed by atoms with Crippen LogP contribution in [0.2, 0.25) is 0 Å². The summed E-state index contributed by atoms with van der Waals surface area (Å²) >= 11 is 2.68. The molecule has 4 rings (SSSR count). The quantitative estimate of drug-likeness (QED) is 0.702. The van der Waals surface area contributed by atoms with Crippen molar-refractivity contribution >= 4 is 50.4 Å². The molecule has 7 nitrogen and oxygen atoms in total. The summed E-state index contributed by atoms with van der Waals surface area (Å²) in [6.07, 6.45) is 0.728. The van der Waals surface area contributed by atoms with Crippen molar-refractivity contribution in [3.63, 3.8) is 0 Å². The van der Waals surface area contributed by atoms with Gasteiger partial charge in [-0.15, -0.1) is 27.8 Å². The minimum absolute atomic E-state index is 0.0181. The van der Waals surface area contributed by atoms with Crippen LogP contribution in [0.25, 0.3) is 10.2 Å². The Kier molecular flexibility index (Phi) is 4.56. The summed E-state index contributed by atoms with van der Waals surface area (Å²) in [5, 5.41) is 14.0. The molecular weight excluding hydrogens is 382 g/mol. The van der Waals surface area contributed by atoms with Gasteiger partial charge in [0.1, 0.15) is 9.71 Å². The van der Waals surface area contributed by atoms with Crippen molar-refractivity contribution in [1.29, 1.82) is 0 Å². The Morgan fingerprint density at radius 2 is 2.15 bits per heavy atom. The van der Waals surface area contributed by atoms with E-state index in [1.807, 2.05) is 31.4 Å². The van der Waals surface area contributed by atoms with Gasteiger partial charge in [0.05, 0.1) is 16.3 Å². The number of thiophene rings is 2. The van der Waals surface area contributed by atoms with Gasteiger partial charge in [0.15, 0.2) is 0 Å². The molecule has 0 bridgehead atoms. The maximum absolute atomic E-state index is 12.8. The summed E-state index contributed by atoms with van der Waals surface area (Å²) < 4.78 is 0. The van der Waals surface area contributed by atoms with Crippen molar-refractivity contribution in [2.24, 2.45) is 0 Å². The maximum Gasteiger partial charge on any atom is 0.263 e. The number of nitrogens with two attached hydrogens (primary N) is 1. The Morgan fingerprint density at radius 1 is 1.33 bits per heavy atom. The van der Waals surface area contributed by atoms with E-state index in [0.717, 1.165) is 27.9 Å². The number of rotatable bonds is 3. The number of fused-ring (bicyclic) bond motifs is 1. The fourth-order valence-corrected chi connectivity index (χ4v) is 4.97. The van der Waals surface area contributed by atoms with Gasteiger partial charge in [0, 0.05) is 24.5 Å². The molecule has 3 aromatic rings. The SMILES string of the molecule is Cc1nnc2sc(C(=O)NC3CCN(C(=O)c4cccs4)C3)c(N)c2c1C. The standard InChI is InChI=1S/C18H19N5O2S2/c1-9-10(2)21-22-17-13(9)14(19)15(27-17)16(24)20-11-5-6-23(8-11)18(25)12-4-3-7-26-12/h3-4,7,11H,5-6,8,19H2,1-2H3,(H,20,24). The minimum atomic E-state index is -0.219. The van der Waals surface area contributed by atoms with E-state index in [9.17, 15) is 9.59 Å². The van der Waals surface area contributed by atoms with E-state index >= 15 is 0 Å². The summed E-state index contributed by atoms with van der Waals surface area (Å²) in [5.74, 6) is -0.201. The summed E-state index contributed by atoms with van der Waals surface area (Å²) in [6.45, 7) is 4.94. The molecule has 1 saturated heterocycles. The van der Waals surface area contributed by atoms with Crippen LogP contribution in [0.1, 0.15) is 37.0 Å². The lowest BCUT2D eigenvalue weighted by atomic mass is 10.1. The van der Waals surface area contributed by atoms with E-state index in [-0.39, 0.29) is 17.9 Å². The average molecular weight is 402 g/mol. The van der Waals surface area contributed by atoms with E-state index in [0.29, 0.717) is 28.5 Å². The van der Waals surface area contributed by atoms with Gasteiger partial charge in [-0.25, -0.2) is 0 Å². The summed E-state index contributed by atoms with van der Waals surface area (Å²) in [7, 11) is 0. The third-order valence-electron chi connectivity index (χ3n) is 4.88. The number of nitrogen functional groups attached to an aromatic ring is 1. The van der Waals surface area contributed by atoms with Gasteiger partial charge in [-0.1, -0.05) is 6.07 Å². The van der Waals surface area contributed by atoms with Crippen molar-refractivity contribution in [3.05, 3.63) is 38.5 Å². The third kappa shape index (κ3) is 3.17. The van der Waals surface area contributed by atoms with Gasteiger partial charge in [-0.3, -0.25) is 9.59 Å². The molecule has 3 N–H and O–H groups in total. The van der Waals surface area contributed by atoms with Crippen LogP contribution in [-0.2, 0) is 0 Å². The lowest BCUT2D eigenvalue weighted by molar-refractivity contribution is 0.0788. The number of anilines is 1. The number of aromatic nitrogens is 2. The van der Waals surface area contributed by atoms with Crippen molar-refractivity contribution < 1.29 is 9.59 Å². The van der Waals surface area contributed by atoms with Gasteiger partial charge in [-0.2, -0.15) is 5.10 Å². The molecule has 0 spiro atoms. The molecule has 0 aromatic carbocycles. The second-order valence-electron chi connectivity index (χ2n) is 6.62. The highest BCUT2D eigenvalue weighted by atomic mass is 32.1. The zero-order chi connectivity index (χ0) is 19.1. The zero-order valence-corrected chi connectivity index (χ0v) is 16.6. The third-order valence-corrected chi connectivity index (χ3v) is 6.83. The molecule has 1 aliphatic heterocycles. The fourth-order valence-electron chi connectivity index (χ4n) is 3.28. The molecule has 27 heavy (non-hydrogen) atoms. The first kappa shape index (κ1) is 17.9. The van der Waals surface area contributed by atoms with Gasteiger partial charge in [0.2, 0.25) is 0 Å². The number of hydrogen-bond acceptors (Lipinski definition) is 7. The molecule has 4 heterocycles. The number of amides is 2. The first-order valence-corrected chi connectivity index (χ1v) is 10.3. The normalized spacial score (nSPS) is 16.8. The first-order chi connectivity index (χ1) is 13.0. The largest absolute Gasteiger partial charge is 0.397 e. The topological polar surface area (TPSA) is 101 Å². The molecule has 9 heteroatoms. The van der Waals surface area contributed by atoms with E-state index in [1.165, 1.54) is 22.7 Å². The Balaban J connectivity index is 1.49. The Hall–Kier alpha value is -2.52. The highest BCUT2D eigenvalue weighted by Gasteiger charge is 2.30. The lowest BCUT2D eigenvalue weighted by Crippen LogP contribution is -2.38. The van der Waals surface area contributed by atoms with Gasteiger partial charge >= 0.3 is 0 Å². The second-order valence-corrected chi connectivity index (χ2v) is 8.57. The highest BCUT2D eigenvalue weighted by molar-refractivity contribution is 7.21. The molecular formula is C18H19N5O2S2. The van der Waals surface area contributed by atoms with Crippen LogP contribution in [0, 0.1) is 13.8 Å². The molecule has 1 fully saturated rings. The number of nitrogens with one attached hydrogen (secondary N) is 1. The fraction of sp³-hybridized carbons (Fsp3) is 0.333. The van der Waals surface area contributed by atoms with E-state index in [4.69, 9.17) is 5.73 Å². The Labute approximate surface area is 164 Å². The summed E-state index contributed by atoms with van der Waals surface area (Å²) in [4.78, 5) is 28.8. The minimum Gasteiger partial charge on any atom is -0.397 e. The molecule has 1 atom stereocenters. The number of nitrogens with zero attached hydrogens (tertiary/aromatic N) is 3. The van der Waals surface area contributed by atoms with E-state index in [1.54, 1.807) is 4.90 Å². The average Bonchev–Trinajstić information content (AvgIpc) is 3.38. The molecule has 0 radical (unpaired) electrons. The molecule has 140 valence electrons. The van der Waals surface area contributed by atoms with Crippen LogP contribution in [-0.4, -0.2) is 46.0 Å². The van der Waals surface area contributed by atoms with E-state index < -0.39 is 0 Å².